The van der Waals surface area contributed by atoms with Crippen LogP contribution in [0.3, 0.4) is 0 Å². The van der Waals surface area contributed by atoms with Gasteiger partial charge < -0.3 is 14.6 Å². The SMILES string of the molecule is COc1cc2c(cc1Cl)nc(CC1CCNCC1)n2Cc1ccc(F)cc1. The molecule has 0 saturated carbocycles. The molecular weight excluding hydrogens is 365 g/mol. The van der Waals surface area contributed by atoms with Gasteiger partial charge >= 0.3 is 0 Å². The van der Waals surface area contributed by atoms with Crippen molar-refractivity contribution in [2.24, 2.45) is 5.92 Å². The molecule has 1 fully saturated rings. The summed E-state index contributed by atoms with van der Waals surface area (Å²) >= 11 is 6.31. The lowest BCUT2D eigenvalue weighted by Gasteiger charge is -2.22. The Morgan fingerprint density at radius 2 is 1.96 bits per heavy atom. The van der Waals surface area contributed by atoms with Crippen LogP contribution in [0.5, 0.6) is 5.75 Å². The van der Waals surface area contributed by atoms with Gasteiger partial charge in [-0.2, -0.15) is 0 Å². The Morgan fingerprint density at radius 1 is 1.22 bits per heavy atom. The first-order valence-corrected chi connectivity index (χ1v) is 9.69. The quantitative estimate of drug-likeness (QED) is 0.704. The van der Waals surface area contributed by atoms with Crippen LogP contribution < -0.4 is 10.1 Å². The molecule has 2 heterocycles. The number of benzene rings is 2. The number of hydrogen-bond acceptors (Lipinski definition) is 3. The number of halogens is 2. The van der Waals surface area contributed by atoms with E-state index in [2.05, 4.69) is 9.88 Å². The van der Waals surface area contributed by atoms with Crippen molar-refractivity contribution < 1.29 is 9.13 Å². The third-order valence-corrected chi connectivity index (χ3v) is 5.58. The van der Waals surface area contributed by atoms with E-state index in [1.165, 1.54) is 12.1 Å². The summed E-state index contributed by atoms with van der Waals surface area (Å²) in [4.78, 5) is 4.89. The second kappa shape index (κ2) is 7.87. The molecule has 0 amide bonds. The van der Waals surface area contributed by atoms with Crippen LogP contribution in [0.2, 0.25) is 5.02 Å². The van der Waals surface area contributed by atoms with Crippen molar-refractivity contribution in [2.75, 3.05) is 20.2 Å². The lowest BCUT2D eigenvalue weighted by molar-refractivity contribution is 0.364. The fourth-order valence-corrected chi connectivity index (χ4v) is 4.02. The fraction of sp³-hybridized carbons (Fsp3) is 0.381. The number of ether oxygens (including phenoxy) is 1. The van der Waals surface area contributed by atoms with Crippen LogP contribution in [0.4, 0.5) is 4.39 Å². The average Bonchev–Trinajstić information content (AvgIpc) is 2.99. The molecule has 1 aromatic heterocycles. The molecule has 0 unspecified atom stereocenters. The molecule has 0 spiro atoms. The minimum absolute atomic E-state index is 0.224. The predicted octanol–water partition coefficient (Wildman–Crippen LogP) is 4.43. The number of rotatable bonds is 5. The van der Waals surface area contributed by atoms with E-state index in [-0.39, 0.29) is 5.82 Å². The molecule has 0 radical (unpaired) electrons. The molecular formula is C21H23ClFN3O. The van der Waals surface area contributed by atoms with Crippen LogP contribution in [-0.4, -0.2) is 29.8 Å². The number of hydrogen-bond donors (Lipinski definition) is 1. The summed E-state index contributed by atoms with van der Waals surface area (Å²) in [6.45, 7) is 2.76. The topological polar surface area (TPSA) is 39.1 Å². The van der Waals surface area contributed by atoms with Gasteiger partial charge in [0.25, 0.3) is 0 Å². The smallest absolute Gasteiger partial charge is 0.139 e. The predicted molar refractivity (Wildman–Crippen MR) is 106 cm³/mol. The van der Waals surface area contributed by atoms with Crippen molar-refractivity contribution in [1.29, 1.82) is 0 Å². The molecule has 1 saturated heterocycles. The molecule has 3 aromatic rings. The Bertz CT molecular complexity index is 933. The number of imidazole rings is 1. The van der Waals surface area contributed by atoms with E-state index >= 15 is 0 Å². The Kier molecular flexibility index (Phi) is 5.32. The summed E-state index contributed by atoms with van der Waals surface area (Å²) in [6, 6.07) is 10.4. The summed E-state index contributed by atoms with van der Waals surface area (Å²) in [6.07, 6.45) is 3.24. The van der Waals surface area contributed by atoms with Crippen LogP contribution in [0.15, 0.2) is 36.4 Å². The van der Waals surface area contributed by atoms with Gasteiger partial charge in [0, 0.05) is 19.0 Å². The van der Waals surface area contributed by atoms with Crippen molar-refractivity contribution in [1.82, 2.24) is 14.9 Å². The molecule has 6 heteroatoms. The zero-order valence-corrected chi connectivity index (χ0v) is 16.1. The number of aromatic nitrogens is 2. The summed E-state index contributed by atoms with van der Waals surface area (Å²) in [5, 5.41) is 3.97. The van der Waals surface area contributed by atoms with Crippen molar-refractivity contribution in [2.45, 2.75) is 25.8 Å². The highest BCUT2D eigenvalue weighted by Crippen LogP contribution is 2.32. The lowest BCUT2D eigenvalue weighted by atomic mass is 9.94. The normalized spacial score (nSPS) is 15.4. The Labute approximate surface area is 163 Å². The number of fused-ring (bicyclic) bond motifs is 1. The largest absolute Gasteiger partial charge is 0.495 e. The zero-order valence-electron chi connectivity index (χ0n) is 15.3. The maximum Gasteiger partial charge on any atom is 0.139 e. The first kappa shape index (κ1) is 18.3. The average molecular weight is 388 g/mol. The highest BCUT2D eigenvalue weighted by Gasteiger charge is 2.20. The van der Waals surface area contributed by atoms with Gasteiger partial charge in [0.05, 0.1) is 23.2 Å². The van der Waals surface area contributed by atoms with E-state index in [1.807, 2.05) is 24.3 Å². The first-order chi connectivity index (χ1) is 13.1. The van der Waals surface area contributed by atoms with Crippen LogP contribution >= 0.6 is 11.6 Å². The van der Waals surface area contributed by atoms with Gasteiger partial charge in [-0.3, -0.25) is 0 Å². The maximum atomic E-state index is 13.3. The number of nitrogens with zero attached hydrogens (tertiary/aromatic N) is 2. The van der Waals surface area contributed by atoms with Gasteiger partial charge in [0.2, 0.25) is 0 Å². The third kappa shape index (κ3) is 3.94. The molecule has 2 aromatic carbocycles. The number of methoxy groups -OCH3 is 1. The van der Waals surface area contributed by atoms with Crippen molar-refractivity contribution in [3.05, 3.63) is 58.6 Å². The van der Waals surface area contributed by atoms with Crippen LogP contribution in [0, 0.1) is 11.7 Å². The van der Waals surface area contributed by atoms with Gasteiger partial charge in [-0.05, 0) is 55.6 Å². The van der Waals surface area contributed by atoms with Gasteiger partial charge in [-0.15, -0.1) is 0 Å². The Balaban J connectivity index is 1.75. The monoisotopic (exact) mass is 387 g/mol. The van der Waals surface area contributed by atoms with Crippen LogP contribution in [0.1, 0.15) is 24.2 Å². The molecule has 1 aliphatic rings. The number of nitrogens with one attached hydrogen (secondary N) is 1. The molecule has 1 N–H and O–H groups in total. The van der Waals surface area contributed by atoms with Crippen molar-refractivity contribution in [3.63, 3.8) is 0 Å². The van der Waals surface area contributed by atoms with E-state index < -0.39 is 0 Å². The molecule has 4 rings (SSSR count). The summed E-state index contributed by atoms with van der Waals surface area (Å²) in [7, 11) is 1.61. The molecule has 142 valence electrons. The molecule has 0 bridgehead atoms. The molecule has 27 heavy (non-hydrogen) atoms. The highest BCUT2D eigenvalue weighted by atomic mass is 35.5. The van der Waals surface area contributed by atoms with Crippen molar-refractivity contribution in [3.8, 4) is 5.75 Å². The molecule has 4 nitrogen and oxygen atoms in total. The van der Waals surface area contributed by atoms with Crippen molar-refractivity contribution >= 4 is 22.6 Å². The summed E-state index contributed by atoms with van der Waals surface area (Å²) in [5.74, 6) is 2.08. The lowest BCUT2D eigenvalue weighted by Crippen LogP contribution is -2.29. The second-order valence-electron chi connectivity index (χ2n) is 7.11. The van der Waals surface area contributed by atoms with E-state index in [9.17, 15) is 4.39 Å². The van der Waals surface area contributed by atoms with Gasteiger partial charge in [-0.25, -0.2) is 9.37 Å². The molecule has 0 atom stereocenters. The van der Waals surface area contributed by atoms with E-state index in [4.69, 9.17) is 21.3 Å². The van der Waals surface area contributed by atoms with E-state index in [1.54, 1.807) is 7.11 Å². The minimum Gasteiger partial charge on any atom is -0.495 e. The fourth-order valence-electron chi connectivity index (χ4n) is 3.78. The van der Waals surface area contributed by atoms with E-state index in [0.29, 0.717) is 23.2 Å². The highest BCUT2D eigenvalue weighted by molar-refractivity contribution is 6.32. The number of piperidine rings is 1. The Morgan fingerprint density at radius 3 is 2.67 bits per heavy atom. The Hall–Kier alpha value is -2.11. The molecule has 0 aliphatic carbocycles. The second-order valence-corrected chi connectivity index (χ2v) is 7.52. The summed E-state index contributed by atoms with van der Waals surface area (Å²) in [5.41, 5.74) is 2.90. The first-order valence-electron chi connectivity index (χ1n) is 9.32. The zero-order chi connectivity index (χ0) is 18.8. The van der Waals surface area contributed by atoms with E-state index in [0.717, 1.165) is 54.8 Å². The molecule has 1 aliphatic heterocycles. The van der Waals surface area contributed by atoms with Gasteiger partial charge in [0.15, 0.2) is 0 Å². The minimum atomic E-state index is -0.224. The van der Waals surface area contributed by atoms with Crippen LogP contribution in [-0.2, 0) is 13.0 Å². The third-order valence-electron chi connectivity index (χ3n) is 5.28. The summed E-state index contributed by atoms with van der Waals surface area (Å²) < 4.78 is 20.9. The van der Waals surface area contributed by atoms with Gasteiger partial charge in [-0.1, -0.05) is 23.7 Å². The van der Waals surface area contributed by atoms with Crippen LogP contribution in [0.25, 0.3) is 11.0 Å². The standard InChI is InChI=1S/C21H23ClFN3O/c1-27-20-12-19-18(11-17(20)22)25-21(10-14-6-8-24-9-7-14)26(19)13-15-2-4-16(23)5-3-15/h2-5,11-12,14,24H,6-10,13H2,1H3. The van der Waals surface area contributed by atoms with Gasteiger partial charge in [0.1, 0.15) is 17.4 Å². The maximum absolute atomic E-state index is 13.3.